The first kappa shape index (κ1) is 16.7. The lowest BCUT2D eigenvalue weighted by Gasteiger charge is -2.25. The number of anilines is 2. The second-order valence-electron chi connectivity index (χ2n) is 5.45. The van der Waals surface area contributed by atoms with E-state index in [-0.39, 0.29) is 23.4 Å². The molecule has 0 bridgehead atoms. The molecule has 6 nitrogen and oxygen atoms in total. The molecule has 0 aliphatic rings. The van der Waals surface area contributed by atoms with Gasteiger partial charge in [-0.25, -0.2) is 0 Å². The predicted molar refractivity (Wildman–Crippen MR) is 83.3 cm³/mol. The fraction of sp³-hybridized carbons (Fsp3) is 0.692. The molecule has 0 atom stereocenters. The summed E-state index contributed by atoms with van der Waals surface area (Å²) in [5, 5.41) is 6.70. The van der Waals surface area contributed by atoms with Gasteiger partial charge < -0.3 is 21.1 Å². The minimum atomic E-state index is -0.320. The van der Waals surface area contributed by atoms with E-state index in [4.69, 9.17) is 10.5 Å². The summed E-state index contributed by atoms with van der Waals surface area (Å²) in [4.78, 5) is 12.1. The summed E-state index contributed by atoms with van der Waals surface area (Å²) in [6.07, 6.45) is 0. The predicted octanol–water partition coefficient (Wildman–Crippen LogP) is 2.09. The van der Waals surface area contributed by atoms with Crippen molar-refractivity contribution < 1.29 is 9.53 Å². The maximum Gasteiger partial charge on any atom is 0.258 e. The molecule has 1 rings (SSSR count). The van der Waals surface area contributed by atoms with Gasteiger partial charge in [-0.05, 0) is 46.2 Å². The minimum absolute atomic E-state index is 0.0505. The van der Waals surface area contributed by atoms with Crippen molar-refractivity contribution in [2.45, 2.75) is 46.3 Å². The highest BCUT2D eigenvalue weighted by Crippen LogP contribution is 2.27. The average Bonchev–Trinajstić information content (AvgIpc) is 2.67. The molecule has 0 aromatic carbocycles. The Hall–Kier alpha value is -1.34. The average molecular weight is 300 g/mol. The zero-order valence-electron chi connectivity index (χ0n) is 12.7. The van der Waals surface area contributed by atoms with Crippen LogP contribution in [0.15, 0.2) is 0 Å². The van der Waals surface area contributed by atoms with Crippen LogP contribution in [-0.4, -0.2) is 35.1 Å². The third kappa shape index (κ3) is 4.64. The van der Waals surface area contributed by atoms with Gasteiger partial charge >= 0.3 is 0 Å². The number of nitrogens with one attached hydrogen (secondary N) is 2. The summed E-state index contributed by atoms with van der Waals surface area (Å²) in [6.45, 7) is 10.9. The molecule has 1 aromatic rings. The molecule has 1 amide bonds. The van der Waals surface area contributed by atoms with Crippen LogP contribution in [0, 0.1) is 0 Å². The molecule has 0 radical (unpaired) electrons. The lowest BCUT2D eigenvalue weighted by Crippen LogP contribution is -2.34. The van der Waals surface area contributed by atoms with Gasteiger partial charge in [-0.15, -0.1) is 0 Å². The summed E-state index contributed by atoms with van der Waals surface area (Å²) < 4.78 is 9.66. The monoisotopic (exact) mass is 300 g/mol. The summed E-state index contributed by atoms with van der Waals surface area (Å²) in [5.74, 6) is 0.0489. The Balaban J connectivity index is 2.79. The van der Waals surface area contributed by atoms with Gasteiger partial charge in [0.25, 0.3) is 5.91 Å². The third-order valence-corrected chi connectivity index (χ3v) is 3.39. The van der Waals surface area contributed by atoms with Gasteiger partial charge in [-0.1, -0.05) is 0 Å². The van der Waals surface area contributed by atoms with Crippen LogP contribution in [0.1, 0.15) is 45.0 Å². The van der Waals surface area contributed by atoms with E-state index >= 15 is 0 Å². The third-order valence-electron chi connectivity index (χ3n) is 2.58. The van der Waals surface area contributed by atoms with Crippen molar-refractivity contribution >= 4 is 28.3 Å². The van der Waals surface area contributed by atoms with Gasteiger partial charge in [0, 0.05) is 19.2 Å². The molecule has 0 fully saturated rings. The first-order chi connectivity index (χ1) is 9.26. The van der Waals surface area contributed by atoms with Crippen LogP contribution in [0.3, 0.4) is 0 Å². The summed E-state index contributed by atoms with van der Waals surface area (Å²) in [5.41, 5.74) is 5.88. The molecule has 0 aliphatic heterocycles. The van der Waals surface area contributed by atoms with Gasteiger partial charge in [-0.2, -0.15) is 4.37 Å². The van der Waals surface area contributed by atoms with Crippen LogP contribution < -0.4 is 16.4 Å². The standard InChI is InChI=1S/C13H24N4O2S/c1-6-19-13(4,5)7-15-12-9(10(14)17-20-12)11(18)16-8(2)3/h8,15H,6-7H2,1-5H3,(H2,14,17)(H,16,18). The fourth-order valence-electron chi connectivity index (χ4n) is 1.71. The lowest BCUT2D eigenvalue weighted by atomic mass is 10.1. The highest BCUT2D eigenvalue weighted by atomic mass is 32.1. The van der Waals surface area contributed by atoms with Crippen molar-refractivity contribution in [3.05, 3.63) is 5.56 Å². The SMILES string of the molecule is CCOC(C)(C)CNc1snc(N)c1C(=O)NC(C)C. The Morgan fingerprint density at radius 1 is 1.50 bits per heavy atom. The van der Waals surface area contributed by atoms with Crippen molar-refractivity contribution in [2.75, 3.05) is 24.2 Å². The molecule has 1 aromatic heterocycles. The van der Waals surface area contributed by atoms with Crippen LogP contribution in [0.4, 0.5) is 10.8 Å². The Morgan fingerprint density at radius 3 is 2.70 bits per heavy atom. The number of hydrogen-bond acceptors (Lipinski definition) is 6. The molecule has 7 heteroatoms. The molecule has 0 saturated heterocycles. The summed E-state index contributed by atoms with van der Waals surface area (Å²) in [7, 11) is 0. The van der Waals surface area contributed by atoms with E-state index in [2.05, 4.69) is 15.0 Å². The molecular weight excluding hydrogens is 276 g/mol. The van der Waals surface area contributed by atoms with E-state index in [0.29, 0.717) is 23.7 Å². The molecule has 1 heterocycles. The maximum absolute atomic E-state index is 12.1. The van der Waals surface area contributed by atoms with Crippen molar-refractivity contribution in [1.82, 2.24) is 9.69 Å². The molecule has 0 saturated carbocycles. The van der Waals surface area contributed by atoms with Crippen LogP contribution >= 0.6 is 11.5 Å². The normalized spacial score (nSPS) is 11.7. The number of nitrogens with zero attached hydrogens (tertiary/aromatic N) is 1. The topological polar surface area (TPSA) is 89.3 Å². The highest BCUT2D eigenvalue weighted by Gasteiger charge is 2.23. The van der Waals surface area contributed by atoms with Crippen molar-refractivity contribution in [3.63, 3.8) is 0 Å². The number of nitrogens with two attached hydrogens (primary N) is 1. The first-order valence-corrected chi connectivity index (χ1v) is 7.48. The van der Waals surface area contributed by atoms with Crippen LogP contribution in [0.2, 0.25) is 0 Å². The number of rotatable bonds is 7. The molecule has 4 N–H and O–H groups in total. The minimum Gasteiger partial charge on any atom is -0.382 e. The zero-order chi connectivity index (χ0) is 15.3. The number of ether oxygens (including phenoxy) is 1. The number of amides is 1. The van der Waals surface area contributed by atoms with E-state index in [9.17, 15) is 4.79 Å². The second-order valence-corrected chi connectivity index (χ2v) is 6.22. The van der Waals surface area contributed by atoms with E-state index in [0.717, 1.165) is 0 Å². The van der Waals surface area contributed by atoms with E-state index < -0.39 is 0 Å². The van der Waals surface area contributed by atoms with Crippen molar-refractivity contribution in [3.8, 4) is 0 Å². The Bertz CT molecular complexity index is 457. The lowest BCUT2D eigenvalue weighted by molar-refractivity contribution is 0.000726. The van der Waals surface area contributed by atoms with Gasteiger partial charge in [0.15, 0.2) is 5.82 Å². The number of hydrogen-bond donors (Lipinski definition) is 3. The van der Waals surface area contributed by atoms with Crippen LogP contribution in [0.5, 0.6) is 0 Å². The highest BCUT2D eigenvalue weighted by molar-refractivity contribution is 7.11. The molecule has 0 spiro atoms. The van der Waals surface area contributed by atoms with Gasteiger partial charge in [0.05, 0.1) is 5.60 Å². The first-order valence-electron chi connectivity index (χ1n) is 6.70. The van der Waals surface area contributed by atoms with E-state index in [1.165, 1.54) is 11.5 Å². The Kier molecular flexibility index (Phi) is 5.76. The van der Waals surface area contributed by atoms with Crippen LogP contribution in [-0.2, 0) is 4.74 Å². The number of carbonyl (C=O) groups is 1. The van der Waals surface area contributed by atoms with Crippen molar-refractivity contribution in [2.24, 2.45) is 0 Å². The number of carbonyl (C=O) groups excluding carboxylic acids is 1. The Labute approximate surface area is 124 Å². The molecular formula is C13H24N4O2S. The maximum atomic E-state index is 12.1. The molecule has 114 valence electrons. The second kappa shape index (κ2) is 6.90. The quantitative estimate of drug-likeness (QED) is 0.717. The summed E-state index contributed by atoms with van der Waals surface area (Å²) >= 11 is 1.19. The Morgan fingerprint density at radius 2 is 2.15 bits per heavy atom. The fourth-order valence-corrected chi connectivity index (χ4v) is 2.42. The smallest absolute Gasteiger partial charge is 0.258 e. The van der Waals surface area contributed by atoms with Gasteiger partial charge in [0.1, 0.15) is 10.6 Å². The molecule has 0 unspecified atom stereocenters. The van der Waals surface area contributed by atoms with Gasteiger partial charge in [0.2, 0.25) is 0 Å². The molecule has 20 heavy (non-hydrogen) atoms. The van der Waals surface area contributed by atoms with Gasteiger partial charge in [-0.3, -0.25) is 4.79 Å². The number of nitrogen functional groups attached to an aromatic ring is 1. The zero-order valence-corrected chi connectivity index (χ0v) is 13.6. The number of aromatic nitrogens is 1. The van der Waals surface area contributed by atoms with Crippen molar-refractivity contribution in [1.29, 1.82) is 0 Å². The molecule has 0 aliphatic carbocycles. The van der Waals surface area contributed by atoms with E-state index in [1.54, 1.807) is 0 Å². The largest absolute Gasteiger partial charge is 0.382 e. The summed E-state index contributed by atoms with van der Waals surface area (Å²) in [6, 6.07) is 0.0505. The van der Waals surface area contributed by atoms with E-state index in [1.807, 2.05) is 34.6 Å². The van der Waals surface area contributed by atoms with Crippen LogP contribution in [0.25, 0.3) is 0 Å².